The van der Waals surface area contributed by atoms with Crippen molar-refractivity contribution in [2.45, 2.75) is 12.5 Å². The van der Waals surface area contributed by atoms with Crippen molar-refractivity contribution in [3.05, 3.63) is 42.2 Å². The van der Waals surface area contributed by atoms with Gasteiger partial charge in [0.1, 0.15) is 28.8 Å². The normalized spacial score (nSPS) is 16.3. The summed E-state index contributed by atoms with van der Waals surface area (Å²) in [5.41, 5.74) is 8.52. The molecule has 4 heterocycles. The lowest BCUT2D eigenvalue weighted by Crippen LogP contribution is -2.23. The van der Waals surface area contributed by atoms with Crippen molar-refractivity contribution in [1.82, 2.24) is 19.5 Å². The molecule has 2 N–H and O–H groups in total. The van der Waals surface area contributed by atoms with Gasteiger partial charge in [-0.2, -0.15) is 5.26 Å². The van der Waals surface area contributed by atoms with Gasteiger partial charge in [-0.3, -0.25) is 0 Å². The van der Waals surface area contributed by atoms with E-state index in [9.17, 15) is 5.26 Å². The summed E-state index contributed by atoms with van der Waals surface area (Å²) in [5, 5.41) is 9.64. The van der Waals surface area contributed by atoms with Gasteiger partial charge in [0.15, 0.2) is 5.82 Å². The number of hydrogen-bond donors (Lipinski definition) is 1. The number of ether oxygens (including phenoxy) is 1. The maximum atomic E-state index is 9.64. The van der Waals surface area contributed by atoms with Crippen LogP contribution in [-0.4, -0.2) is 45.8 Å². The highest BCUT2D eigenvalue weighted by Crippen LogP contribution is 2.30. The Kier molecular flexibility index (Phi) is 4.67. The minimum atomic E-state index is 0.209. The van der Waals surface area contributed by atoms with Gasteiger partial charge in [-0.25, -0.2) is 15.0 Å². The van der Waals surface area contributed by atoms with Crippen LogP contribution >= 0.6 is 0 Å². The lowest BCUT2D eigenvalue weighted by molar-refractivity contribution is 0.121. The van der Waals surface area contributed by atoms with E-state index in [1.54, 1.807) is 19.4 Å². The summed E-state index contributed by atoms with van der Waals surface area (Å²) >= 11 is 0. The first-order valence-electron chi connectivity index (χ1n) is 9.04. The van der Waals surface area contributed by atoms with Gasteiger partial charge in [0, 0.05) is 39.6 Å². The highest BCUT2D eigenvalue weighted by atomic mass is 16.5. The topological polar surface area (TPSA) is 106 Å². The van der Waals surface area contributed by atoms with Crippen LogP contribution in [0.1, 0.15) is 12.0 Å². The van der Waals surface area contributed by atoms with Gasteiger partial charge in [0.25, 0.3) is 0 Å². The van der Waals surface area contributed by atoms with Crippen molar-refractivity contribution in [1.29, 1.82) is 5.26 Å². The number of pyridine rings is 2. The fourth-order valence-corrected chi connectivity index (χ4v) is 3.45. The highest BCUT2D eigenvalue weighted by molar-refractivity contribution is 5.76. The molecule has 0 spiro atoms. The summed E-state index contributed by atoms with van der Waals surface area (Å²) in [7, 11) is 3.61. The Morgan fingerprint density at radius 2 is 2.14 bits per heavy atom. The lowest BCUT2D eigenvalue weighted by atomic mass is 10.1. The van der Waals surface area contributed by atoms with E-state index in [4.69, 9.17) is 15.5 Å². The molecule has 8 nitrogen and oxygen atoms in total. The zero-order valence-corrected chi connectivity index (χ0v) is 15.8. The minimum absolute atomic E-state index is 0.209. The molecule has 1 fully saturated rings. The number of nitriles is 1. The van der Waals surface area contributed by atoms with Crippen LogP contribution in [0.3, 0.4) is 0 Å². The van der Waals surface area contributed by atoms with E-state index in [0.29, 0.717) is 34.2 Å². The molecule has 1 aliphatic heterocycles. The zero-order valence-electron chi connectivity index (χ0n) is 15.8. The number of hydrogen-bond acceptors (Lipinski definition) is 7. The molecule has 1 saturated heterocycles. The predicted octanol–water partition coefficient (Wildman–Crippen LogP) is 2.22. The van der Waals surface area contributed by atoms with Crippen LogP contribution in [0.4, 0.5) is 11.5 Å². The molecule has 8 heteroatoms. The zero-order chi connectivity index (χ0) is 19.7. The fraction of sp³-hybridized carbons (Fsp3) is 0.300. The van der Waals surface area contributed by atoms with E-state index in [1.807, 2.05) is 36.0 Å². The van der Waals surface area contributed by atoms with Crippen molar-refractivity contribution >= 4 is 11.5 Å². The molecule has 142 valence electrons. The Hall–Kier alpha value is -3.44. The molecule has 1 atom stereocenters. The number of anilines is 2. The summed E-state index contributed by atoms with van der Waals surface area (Å²) in [5.74, 6) is 1.51. The van der Waals surface area contributed by atoms with Crippen LogP contribution in [0, 0.1) is 11.3 Å². The van der Waals surface area contributed by atoms with Gasteiger partial charge in [-0.15, -0.1) is 0 Å². The molecule has 1 aliphatic rings. The monoisotopic (exact) mass is 375 g/mol. The van der Waals surface area contributed by atoms with Crippen LogP contribution in [0.25, 0.3) is 22.9 Å². The minimum Gasteiger partial charge on any atom is -0.398 e. The van der Waals surface area contributed by atoms with Crippen LogP contribution < -0.4 is 10.6 Å². The maximum absolute atomic E-state index is 9.64. The second kappa shape index (κ2) is 7.29. The first kappa shape index (κ1) is 17.9. The lowest BCUT2D eigenvalue weighted by Gasteiger charge is -2.18. The molecule has 3 aromatic rings. The van der Waals surface area contributed by atoms with Crippen molar-refractivity contribution in [2.24, 2.45) is 7.05 Å². The quantitative estimate of drug-likeness (QED) is 0.745. The van der Waals surface area contributed by atoms with Crippen molar-refractivity contribution in [2.75, 3.05) is 30.8 Å². The Bertz CT molecular complexity index is 1050. The van der Waals surface area contributed by atoms with Crippen molar-refractivity contribution in [3.8, 4) is 29.0 Å². The molecule has 0 bridgehead atoms. The number of aryl methyl sites for hydroxylation is 1. The standard InChI is InChI=1S/C20H21N7O/c1-26-9-7-23-20(26)17-10-15(22)14(11-21)19(25-17)16-4-3-5-18(24-16)27-8-6-13(12-27)28-2/h3-5,7,9-10,13H,6,8,12H2,1-2H3,(H2,22,25)/t13-/m0/s1. The molecule has 0 saturated carbocycles. The van der Waals surface area contributed by atoms with Gasteiger partial charge in [0.05, 0.1) is 17.5 Å². The fourth-order valence-electron chi connectivity index (χ4n) is 3.45. The number of nitrogens with two attached hydrogens (primary N) is 1. The van der Waals surface area contributed by atoms with E-state index >= 15 is 0 Å². The number of nitrogens with zero attached hydrogens (tertiary/aromatic N) is 6. The van der Waals surface area contributed by atoms with E-state index in [0.717, 1.165) is 25.3 Å². The molecule has 0 aliphatic carbocycles. The van der Waals surface area contributed by atoms with Gasteiger partial charge in [0.2, 0.25) is 0 Å². The second-order valence-corrected chi connectivity index (χ2v) is 6.77. The van der Waals surface area contributed by atoms with Gasteiger partial charge in [-0.1, -0.05) is 6.07 Å². The molecule has 28 heavy (non-hydrogen) atoms. The molecule has 4 rings (SSSR count). The van der Waals surface area contributed by atoms with Crippen molar-refractivity contribution < 1.29 is 4.74 Å². The van der Waals surface area contributed by atoms with Crippen LogP contribution in [0.2, 0.25) is 0 Å². The maximum Gasteiger partial charge on any atom is 0.158 e. The van der Waals surface area contributed by atoms with E-state index in [1.165, 1.54) is 0 Å². The molecule has 0 aromatic carbocycles. The molecule has 3 aromatic heterocycles. The average Bonchev–Trinajstić information content (AvgIpc) is 3.36. The summed E-state index contributed by atoms with van der Waals surface area (Å²) in [6, 6.07) is 9.57. The number of aromatic nitrogens is 4. The van der Waals surface area contributed by atoms with Crippen LogP contribution in [0.15, 0.2) is 36.7 Å². The van der Waals surface area contributed by atoms with Gasteiger partial charge >= 0.3 is 0 Å². The van der Waals surface area contributed by atoms with Gasteiger partial charge in [-0.05, 0) is 24.6 Å². The van der Waals surface area contributed by atoms with E-state index in [-0.39, 0.29) is 6.10 Å². The SMILES string of the molecule is CO[C@H]1CCN(c2cccc(-c3nc(-c4nccn4C)cc(N)c3C#N)n2)C1. The summed E-state index contributed by atoms with van der Waals surface area (Å²) in [4.78, 5) is 16.0. The highest BCUT2D eigenvalue weighted by Gasteiger charge is 2.24. The number of imidazole rings is 1. The van der Waals surface area contributed by atoms with Crippen LogP contribution in [-0.2, 0) is 11.8 Å². The molecular formula is C20H21N7O. The van der Waals surface area contributed by atoms with Crippen LogP contribution in [0.5, 0.6) is 0 Å². The Morgan fingerprint density at radius 3 is 2.82 bits per heavy atom. The Balaban J connectivity index is 1.79. The first-order chi connectivity index (χ1) is 13.6. The number of methoxy groups -OCH3 is 1. The predicted molar refractivity (Wildman–Crippen MR) is 106 cm³/mol. The molecule has 0 unspecified atom stereocenters. The molecule has 0 radical (unpaired) electrons. The Morgan fingerprint density at radius 1 is 1.29 bits per heavy atom. The summed E-state index contributed by atoms with van der Waals surface area (Å²) in [6.07, 6.45) is 4.71. The van der Waals surface area contributed by atoms with E-state index < -0.39 is 0 Å². The second-order valence-electron chi connectivity index (χ2n) is 6.77. The molecular weight excluding hydrogens is 354 g/mol. The third-order valence-electron chi connectivity index (χ3n) is 4.99. The number of nitrogen functional groups attached to an aromatic ring is 1. The first-order valence-corrected chi connectivity index (χ1v) is 9.04. The van der Waals surface area contributed by atoms with E-state index in [2.05, 4.69) is 20.9 Å². The summed E-state index contributed by atoms with van der Waals surface area (Å²) in [6.45, 7) is 1.67. The third kappa shape index (κ3) is 3.17. The number of rotatable bonds is 4. The van der Waals surface area contributed by atoms with Crippen molar-refractivity contribution in [3.63, 3.8) is 0 Å². The summed E-state index contributed by atoms with van der Waals surface area (Å²) < 4.78 is 7.31. The Labute approximate surface area is 163 Å². The largest absolute Gasteiger partial charge is 0.398 e. The molecule has 0 amide bonds. The average molecular weight is 375 g/mol. The van der Waals surface area contributed by atoms with Gasteiger partial charge < -0.3 is 19.9 Å². The smallest absolute Gasteiger partial charge is 0.158 e. The third-order valence-corrected chi connectivity index (χ3v) is 4.99.